The van der Waals surface area contributed by atoms with Crippen molar-refractivity contribution in [2.45, 2.75) is 11.8 Å². The molecule has 162 valence electrons. The second-order valence-electron chi connectivity index (χ2n) is 7.11. The summed E-state index contributed by atoms with van der Waals surface area (Å²) in [6.07, 6.45) is 0. The minimum Gasteiger partial charge on any atom is -0.345 e. The molecule has 0 N–H and O–H groups in total. The molecule has 1 amide bonds. The van der Waals surface area contributed by atoms with Crippen LogP contribution in [0, 0.1) is 10.1 Å². The zero-order valence-electron chi connectivity index (χ0n) is 16.7. The molecule has 4 rings (SSSR count). The number of sulfone groups is 1. The number of carbonyl (C=O) groups is 1. The van der Waals surface area contributed by atoms with Gasteiger partial charge in [-0.15, -0.1) is 0 Å². The van der Waals surface area contributed by atoms with E-state index in [1.807, 2.05) is 0 Å². The molecule has 0 saturated carbocycles. The smallest absolute Gasteiger partial charge is 0.270 e. The number of non-ortho nitro benzene ring substituents is 1. The molecule has 0 bridgehead atoms. The standard InChI is InChI=1S/C20H20N4O5S2/c1-2-31(28,29)16-6-3-14(4-7-16)19(25)22-9-11-23(12-10-22)20-21-17-8-5-15(24(26)27)13-18(17)30-20/h3-8,13H,2,9-12H2,1H3. The van der Waals surface area contributed by atoms with E-state index in [4.69, 9.17) is 0 Å². The number of benzene rings is 2. The highest BCUT2D eigenvalue weighted by Gasteiger charge is 2.24. The Bertz CT molecular complexity index is 1250. The van der Waals surface area contributed by atoms with Crippen LogP contribution in [-0.4, -0.2) is 61.1 Å². The number of carbonyl (C=O) groups excluding carboxylic acids is 1. The quantitative estimate of drug-likeness (QED) is 0.425. The van der Waals surface area contributed by atoms with Gasteiger partial charge in [-0.25, -0.2) is 13.4 Å². The van der Waals surface area contributed by atoms with E-state index >= 15 is 0 Å². The van der Waals surface area contributed by atoms with Crippen LogP contribution in [0.25, 0.3) is 10.2 Å². The summed E-state index contributed by atoms with van der Waals surface area (Å²) in [5, 5.41) is 11.7. The Morgan fingerprint density at radius 3 is 2.42 bits per heavy atom. The summed E-state index contributed by atoms with van der Waals surface area (Å²) in [5.41, 5.74) is 1.21. The molecule has 0 spiro atoms. The van der Waals surface area contributed by atoms with Crippen molar-refractivity contribution in [3.63, 3.8) is 0 Å². The highest BCUT2D eigenvalue weighted by molar-refractivity contribution is 7.91. The number of amides is 1. The van der Waals surface area contributed by atoms with Gasteiger partial charge >= 0.3 is 0 Å². The first kappa shape index (κ1) is 21.2. The number of nitro groups is 1. The summed E-state index contributed by atoms with van der Waals surface area (Å²) in [4.78, 5) is 31.9. The van der Waals surface area contributed by atoms with E-state index in [9.17, 15) is 23.3 Å². The monoisotopic (exact) mass is 460 g/mol. The normalized spacial score (nSPS) is 14.7. The van der Waals surface area contributed by atoms with Gasteiger partial charge in [0, 0.05) is 43.9 Å². The predicted molar refractivity (Wildman–Crippen MR) is 119 cm³/mol. The number of hydrogen-bond acceptors (Lipinski definition) is 8. The Hall–Kier alpha value is -3.05. The van der Waals surface area contributed by atoms with Crippen LogP contribution in [0.1, 0.15) is 17.3 Å². The fraction of sp³-hybridized carbons (Fsp3) is 0.300. The lowest BCUT2D eigenvalue weighted by molar-refractivity contribution is -0.384. The third kappa shape index (κ3) is 4.23. The first-order valence-corrected chi connectivity index (χ1v) is 12.2. The van der Waals surface area contributed by atoms with Crippen LogP contribution in [0.3, 0.4) is 0 Å². The second kappa shape index (κ2) is 8.23. The Balaban J connectivity index is 1.43. The van der Waals surface area contributed by atoms with Gasteiger partial charge in [0.25, 0.3) is 11.6 Å². The molecular weight excluding hydrogens is 440 g/mol. The number of anilines is 1. The third-order valence-electron chi connectivity index (χ3n) is 5.25. The first-order valence-electron chi connectivity index (χ1n) is 9.70. The molecule has 0 unspecified atom stereocenters. The average Bonchev–Trinajstić information content (AvgIpc) is 3.22. The highest BCUT2D eigenvalue weighted by atomic mass is 32.2. The fourth-order valence-corrected chi connectivity index (χ4v) is 5.34. The molecule has 0 atom stereocenters. The zero-order valence-corrected chi connectivity index (χ0v) is 18.4. The lowest BCUT2D eigenvalue weighted by Gasteiger charge is -2.34. The number of nitrogens with zero attached hydrogens (tertiary/aromatic N) is 4. The Kier molecular flexibility index (Phi) is 5.63. The van der Waals surface area contributed by atoms with Crippen molar-refractivity contribution in [2.75, 3.05) is 36.8 Å². The number of thiazole rings is 1. The number of aromatic nitrogens is 1. The van der Waals surface area contributed by atoms with E-state index < -0.39 is 14.8 Å². The number of piperazine rings is 1. The molecule has 1 fully saturated rings. The Labute approximate surface area is 183 Å². The number of fused-ring (bicyclic) bond motifs is 1. The molecule has 2 aromatic carbocycles. The van der Waals surface area contributed by atoms with Crippen LogP contribution in [0.4, 0.5) is 10.8 Å². The average molecular weight is 461 g/mol. The molecule has 31 heavy (non-hydrogen) atoms. The lowest BCUT2D eigenvalue weighted by atomic mass is 10.2. The van der Waals surface area contributed by atoms with Gasteiger partial charge in [-0.1, -0.05) is 18.3 Å². The molecule has 0 aliphatic carbocycles. The van der Waals surface area contributed by atoms with Crippen LogP contribution in [0.15, 0.2) is 47.4 Å². The maximum atomic E-state index is 12.8. The van der Waals surface area contributed by atoms with Gasteiger partial charge in [-0.2, -0.15) is 0 Å². The molecule has 1 aliphatic heterocycles. The molecule has 1 aromatic heterocycles. The van der Waals surface area contributed by atoms with Crippen molar-refractivity contribution in [1.29, 1.82) is 0 Å². The van der Waals surface area contributed by atoms with E-state index in [0.29, 0.717) is 37.3 Å². The van der Waals surface area contributed by atoms with Crippen LogP contribution >= 0.6 is 11.3 Å². The zero-order chi connectivity index (χ0) is 22.2. The maximum Gasteiger partial charge on any atom is 0.270 e. The van der Waals surface area contributed by atoms with Crippen molar-refractivity contribution >= 4 is 48.1 Å². The fourth-order valence-electron chi connectivity index (χ4n) is 3.40. The molecule has 0 radical (unpaired) electrons. The number of hydrogen-bond donors (Lipinski definition) is 0. The molecule has 11 heteroatoms. The SMILES string of the molecule is CCS(=O)(=O)c1ccc(C(=O)N2CCN(c3nc4ccc([N+](=O)[O-])cc4s3)CC2)cc1. The molecule has 1 aliphatic rings. The summed E-state index contributed by atoms with van der Waals surface area (Å²) in [7, 11) is -3.30. The van der Waals surface area contributed by atoms with Gasteiger partial charge in [0.2, 0.25) is 0 Å². The van der Waals surface area contributed by atoms with Crippen LogP contribution in [0.2, 0.25) is 0 Å². The molecular formula is C20H20N4O5S2. The van der Waals surface area contributed by atoms with Crippen LogP contribution in [0.5, 0.6) is 0 Å². The summed E-state index contributed by atoms with van der Waals surface area (Å²) in [6.45, 7) is 3.78. The van der Waals surface area contributed by atoms with Crippen LogP contribution < -0.4 is 4.90 Å². The highest BCUT2D eigenvalue weighted by Crippen LogP contribution is 2.32. The molecule has 3 aromatic rings. The van der Waals surface area contributed by atoms with Crippen molar-refractivity contribution in [1.82, 2.24) is 9.88 Å². The third-order valence-corrected chi connectivity index (χ3v) is 8.08. The largest absolute Gasteiger partial charge is 0.345 e. The summed E-state index contributed by atoms with van der Waals surface area (Å²) < 4.78 is 24.6. The van der Waals surface area contributed by atoms with Crippen LogP contribution in [-0.2, 0) is 9.84 Å². The van der Waals surface area contributed by atoms with Gasteiger partial charge in [-0.3, -0.25) is 14.9 Å². The minimum absolute atomic E-state index is 0.0152. The van der Waals surface area contributed by atoms with Gasteiger partial charge in [0.05, 0.1) is 25.8 Å². The Morgan fingerprint density at radius 1 is 1.13 bits per heavy atom. The van der Waals surface area contributed by atoms with Crippen molar-refractivity contribution < 1.29 is 18.1 Å². The van der Waals surface area contributed by atoms with E-state index in [-0.39, 0.29) is 22.2 Å². The van der Waals surface area contributed by atoms with E-state index in [0.717, 1.165) is 9.83 Å². The Morgan fingerprint density at radius 2 is 1.81 bits per heavy atom. The van der Waals surface area contributed by atoms with Crippen molar-refractivity contribution in [3.8, 4) is 0 Å². The summed E-state index contributed by atoms with van der Waals surface area (Å²) in [6, 6.07) is 10.7. The van der Waals surface area contributed by atoms with E-state index in [2.05, 4.69) is 9.88 Å². The summed E-state index contributed by atoms with van der Waals surface area (Å²) in [5.74, 6) is -0.124. The predicted octanol–water partition coefficient (Wildman–Crippen LogP) is 2.96. The molecule has 9 nitrogen and oxygen atoms in total. The van der Waals surface area contributed by atoms with Gasteiger partial charge in [0.15, 0.2) is 15.0 Å². The van der Waals surface area contributed by atoms with Crippen molar-refractivity contribution in [3.05, 3.63) is 58.1 Å². The number of rotatable bonds is 5. The molecule has 2 heterocycles. The molecule has 1 saturated heterocycles. The second-order valence-corrected chi connectivity index (χ2v) is 10.4. The van der Waals surface area contributed by atoms with Gasteiger partial charge in [0.1, 0.15) is 0 Å². The van der Waals surface area contributed by atoms with Crippen molar-refractivity contribution in [2.24, 2.45) is 0 Å². The number of nitro benzene ring substituents is 1. The first-order chi connectivity index (χ1) is 14.8. The lowest BCUT2D eigenvalue weighted by Crippen LogP contribution is -2.48. The van der Waals surface area contributed by atoms with Gasteiger partial charge in [-0.05, 0) is 30.3 Å². The maximum absolute atomic E-state index is 12.8. The van der Waals surface area contributed by atoms with E-state index in [1.165, 1.54) is 35.6 Å². The summed E-state index contributed by atoms with van der Waals surface area (Å²) >= 11 is 1.40. The minimum atomic E-state index is -3.30. The van der Waals surface area contributed by atoms with E-state index in [1.54, 1.807) is 30.0 Å². The van der Waals surface area contributed by atoms with Gasteiger partial charge < -0.3 is 9.80 Å². The topological polar surface area (TPSA) is 114 Å².